The average Bonchev–Trinajstić information content (AvgIpc) is 2.88. The zero-order valence-corrected chi connectivity index (χ0v) is 21.1. The summed E-state index contributed by atoms with van der Waals surface area (Å²) in [7, 11) is 2.07. The van der Waals surface area contributed by atoms with Crippen molar-refractivity contribution >= 4 is 35.1 Å². The number of hydrogen-bond acceptors (Lipinski definition) is 5. The molecule has 7 heteroatoms. The maximum Gasteiger partial charge on any atom is 0.230 e. The fourth-order valence-corrected chi connectivity index (χ4v) is 5.33. The highest BCUT2D eigenvalue weighted by Gasteiger charge is 2.21. The van der Waals surface area contributed by atoms with E-state index in [1.807, 2.05) is 42.5 Å². The maximum absolute atomic E-state index is 12.9. The van der Waals surface area contributed by atoms with E-state index >= 15 is 0 Å². The third-order valence-electron chi connectivity index (χ3n) is 6.30. The van der Waals surface area contributed by atoms with Crippen LogP contribution in [0.4, 0.5) is 5.82 Å². The second kappa shape index (κ2) is 12.2. The lowest BCUT2D eigenvalue weighted by Crippen LogP contribution is -2.34. The zero-order valence-electron chi connectivity index (χ0n) is 19.5. The number of halogens is 1. The Balaban J connectivity index is 1.40. The van der Waals surface area contributed by atoms with E-state index in [1.165, 1.54) is 49.4 Å². The number of benzene rings is 2. The van der Waals surface area contributed by atoms with Crippen molar-refractivity contribution in [2.24, 2.45) is 0 Å². The Morgan fingerprint density at radius 2 is 1.74 bits per heavy atom. The van der Waals surface area contributed by atoms with Crippen molar-refractivity contribution in [3.63, 3.8) is 0 Å². The number of hydrogen-bond donors (Lipinski definition) is 1. The van der Waals surface area contributed by atoms with E-state index in [4.69, 9.17) is 16.6 Å². The van der Waals surface area contributed by atoms with E-state index in [2.05, 4.69) is 46.5 Å². The van der Waals surface area contributed by atoms with Crippen LogP contribution in [0.2, 0.25) is 5.15 Å². The summed E-state index contributed by atoms with van der Waals surface area (Å²) in [4.78, 5) is 24.2. The number of carbonyl (C=O) groups excluding carboxylic acids is 1. The van der Waals surface area contributed by atoms with Gasteiger partial charge in [0.25, 0.3) is 0 Å². The predicted octanol–water partition coefficient (Wildman–Crippen LogP) is 6.09. The van der Waals surface area contributed by atoms with Crippen LogP contribution in [0.5, 0.6) is 0 Å². The van der Waals surface area contributed by atoms with Crippen LogP contribution < -0.4 is 10.2 Å². The van der Waals surface area contributed by atoms with Crippen LogP contribution in [-0.4, -0.2) is 34.7 Å². The number of nitrogens with zero attached hydrogens (tertiary/aromatic N) is 3. The van der Waals surface area contributed by atoms with Gasteiger partial charge >= 0.3 is 0 Å². The Bertz CT molecular complexity index is 1060. The van der Waals surface area contributed by atoms with Gasteiger partial charge in [-0.2, -0.15) is 0 Å². The van der Waals surface area contributed by atoms with Crippen LogP contribution in [0.15, 0.2) is 71.9 Å². The number of nitrogens with one attached hydrogen (secondary N) is 1. The van der Waals surface area contributed by atoms with Crippen molar-refractivity contribution in [2.45, 2.75) is 55.8 Å². The van der Waals surface area contributed by atoms with Crippen LogP contribution in [0.25, 0.3) is 0 Å². The van der Waals surface area contributed by atoms with Crippen LogP contribution in [0.3, 0.4) is 0 Å². The molecule has 1 atom stereocenters. The number of aromatic nitrogens is 2. The van der Waals surface area contributed by atoms with Crippen LogP contribution >= 0.6 is 23.4 Å². The van der Waals surface area contributed by atoms with E-state index < -0.39 is 0 Å². The molecule has 0 spiro atoms. The molecule has 1 unspecified atom stereocenters. The lowest BCUT2D eigenvalue weighted by atomic mass is 9.94. The Morgan fingerprint density at radius 3 is 2.44 bits per heavy atom. The minimum absolute atomic E-state index is 0.0551. The lowest BCUT2D eigenvalue weighted by Gasteiger charge is -2.32. The second-order valence-corrected chi connectivity index (χ2v) is 10.1. The average molecular weight is 495 g/mol. The number of thioether (sulfide) groups is 1. The largest absolute Gasteiger partial charge is 0.357 e. The zero-order chi connectivity index (χ0) is 23.8. The molecule has 1 heterocycles. The molecular weight excluding hydrogens is 464 g/mol. The van der Waals surface area contributed by atoms with Crippen molar-refractivity contribution in [3.8, 4) is 0 Å². The van der Waals surface area contributed by atoms with Crippen LogP contribution in [0.1, 0.15) is 49.3 Å². The van der Waals surface area contributed by atoms with E-state index in [9.17, 15) is 4.79 Å². The van der Waals surface area contributed by atoms with Gasteiger partial charge in [0, 0.05) is 19.2 Å². The normalized spacial score (nSPS) is 15.0. The van der Waals surface area contributed by atoms with Gasteiger partial charge in [-0.25, -0.2) is 9.97 Å². The molecule has 0 bridgehead atoms. The van der Waals surface area contributed by atoms with Crippen molar-refractivity contribution in [1.82, 2.24) is 15.3 Å². The van der Waals surface area contributed by atoms with Crippen LogP contribution in [0, 0.1) is 0 Å². The topological polar surface area (TPSA) is 58.1 Å². The van der Waals surface area contributed by atoms with Gasteiger partial charge in [-0.1, -0.05) is 103 Å². The van der Waals surface area contributed by atoms with E-state index in [0.717, 1.165) is 17.8 Å². The quantitative estimate of drug-likeness (QED) is 0.221. The summed E-state index contributed by atoms with van der Waals surface area (Å²) in [5.41, 5.74) is 2.26. The molecule has 0 aliphatic heterocycles. The van der Waals surface area contributed by atoms with Gasteiger partial charge in [0.15, 0.2) is 5.16 Å². The van der Waals surface area contributed by atoms with Gasteiger partial charge in [0.1, 0.15) is 11.0 Å². The SMILES string of the molecule is CN(c1cc(Cl)nc(SCC(=O)NC(Cc2ccccc2)c2ccccc2)n1)C1CCCCC1. The molecular formula is C27H31ClN4OS. The molecule has 3 aromatic rings. The Kier molecular flexibility index (Phi) is 8.83. The summed E-state index contributed by atoms with van der Waals surface area (Å²) in [6, 6.07) is 22.5. The third-order valence-corrected chi connectivity index (χ3v) is 7.34. The van der Waals surface area contributed by atoms with Crippen LogP contribution in [-0.2, 0) is 11.2 Å². The second-order valence-electron chi connectivity index (χ2n) is 8.74. The molecule has 4 rings (SSSR count). The number of carbonyl (C=O) groups is 1. The monoisotopic (exact) mass is 494 g/mol. The Hall–Kier alpha value is -2.57. The molecule has 1 saturated carbocycles. The molecule has 2 aromatic carbocycles. The maximum atomic E-state index is 12.9. The first-order valence-corrected chi connectivity index (χ1v) is 13.2. The first kappa shape index (κ1) is 24.6. The summed E-state index contributed by atoms with van der Waals surface area (Å²) in [6.07, 6.45) is 6.88. The van der Waals surface area contributed by atoms with E-state index in [-0.39, 0.29) is 17.7 Å². The molecule has 1 amide bonds. The molecule has 0 saturated heterocycles. The van der Waals surface area contributed by atoms with Crippen molar-refractivity contribution in [2.75, 3.05) is 17.7 Å². The molecule has 5 nitrogen and oxygen atoms in total. The first-order chi connectivity index (χ1) is 16.6. The predicted molar refractivity (Wildman–Crippen MR) is 141 cm³/mol. The van der Waals surface area contributed by atoms with Gasteiger partial charge in [-0.15, -0.1) is 0 Å². The van der Waals surface area contributed by atoms with Gasteiger partial charge < -0.3 is 10.2 Å². The van der Waals surface area contributed by atoms with Crippen molar-refractivity contribution in [1.29, 1.82) is 0 Å². The van der Waals surface area contributed by atoms with Gasteiger partial charge in [-0.3, -0.25) is 4.79 Å². The highest BCUT2D eigenvalue weighted by Crippen LogP contribution is 2.28. The smallest absolute Gasteiger partial charge is 0.230 e. The minimum Gasteiger partial charge on any atom is -0.357 e. The van der Waals surface area contributed by atoms with Gasteiger partial charge in [0.2, 0.25) is 5.91 Å². The number of rotatable bonds is 9. The summed E-state index contributed by atoms with van der Waals surface area (Å²) < 4.78 is 0. The molecule has 1 aliphatic rings. The Morgan fingerprint density at radius 1 is 1.06 bits per heavy atom. The molecule has 34 heavy (non-hydrogen) atoms. The number of amides is 1. The van der Waals surface area contributed by atoms with E-state index in [0.29, 0.717) is 16.4 Å². The van der Waals surface area contributed by atoms with Gasteiger partial charge in [-0.05, 0) is 30.4 Å². The van der Waals surface area contributed by atoms with Crippen molar-refractivity contribution < 1.29 is 4.79 Å². The molecule has 1 aliphatic carbocycles. The lowest BCUT2D eigenvalue weighted by molar-refractivity contribution is -0.119. The third kappa shape index (κ3) is 6.97. The summed E-state index contributed by atoms with van der Waals surface area (Å²) in [5, 5.41) is 4.13. The fourth-order valence-electron chi connectivity index (χ4n) is 4.44. The summed E-state index contributed by atoms with van der Waals surface area (Å²) in [5.74, 6) is 0.993. The highest BCUT2D eigenvalue weighted by atomic mass is 35.5. The standard InChI is InChI=1S/C27H31ClN4OS/c1-32(22-15-9-4-10-16-22)25-18-24(28)30-27(31-25)34-19-26(33)29-23(21-13-7-3-8-14-21)17-20-11-5-2-6-12-20/h2-3,5-8,11-14,18,22-23H,4,9-10,15-17,19H2,1H3,(H,29,33). The summed E-state index contributed by atoms with van der Waals surface area (Å²) in [6.45, 7) is 0. The Labute approximate surface area is 211 Å². The highest BCUT2D eigenvalue weighted by molar-refractivity contribution is 7.99. The number of anilines is 1. The van der Waals surface area contributed by atoms with Gasteiger partial charge in [0.05, 0.1) is 11.8 Å². The van der Waals surface area contributed by atoms with E-state index in [1.54, 1.807) is 0 Å². The molecule has 178 valence electrons. The molecule has 0 radical (unpaired) electrons. The van der Waals surface area contributed by atoms with Crippen molar-refractivity contribution in [3.05, 3.63) is 83.0 Å². The molecule has 1 aromatic heterocycles. The minimum atomic E-state index is -0.107. The summed E-state index contributed by atoms with van der Waals surface area (Å²) >= 11 is 7.63. The fraction of sp³-hybridized carbons (Fsp3) is 0.370. The molecule has 1 fully saturated rings. The first-order valence-electron chi connectivity index (χ1n) is 11.9. The molecule has 1 N–H and O–H groups in total.